The average molecular weight is 540 g/mol. The zero-order valence-electron chi connectivity index (χ0n) is 17.4. The Morgan fingerprint density at radius 3 is 2.75 bits per heavy atom. The molecule has 1 amide bonds. The summed E-state index contributed by atoms with van der Waals surface area (Å²) in [5.74, 6) is 0.900. The van der Waals surface area contributed by atoms with E-state index in [2.05, 4.69) is 33.6 Å². The summed E-state index contributed by atoms with van der Waals surface area (Å²) in [6, 6.07) is 17.2. The highest BCUT2D eigenvalue weighted by atomic mass is 127. The minimum atomic E-state index is -0.106. The van der Waals surface area contributed by atoms with Crippen LogP contribution in [0.15, 0.2) is 59.6 Å². The molecule has 0 bridgehead atoms. The van der Waals surface area contributed by atoms with Gasteiger partial charge in [-0.25, -0.2) is 0 Å². The van der Waals surface area contributed by atoms with Crippen molar-refractivity contribution in [3.8, 4) is 11.5 Å². The summed E-state index contributed by atoms with van der Waals surface area (Å²) in [6.07, 6.45) is 2.59. The molecular weight excluding hydrogens is 519 g/mol. The molecule has 2 heterocycles. The lowest BCUT2D eigenvalue weighted by Crippen LogP contribution is -2.37. The normalized spacial score (nSPS) is 16.3. The Kier molecular flexibility index (Phi) is 5.60. The first-order valence-corrected chi connectivity index (χ1v) is 11.3. The second kappa shape index (κ2) is 8.55. The summed E-state index contributed by atoms with van der Waals surface area (Å²) in [5, 5.41) is 9.45. The lowest BCUT2D eigenvalue weighted by atomic mass is 10.1. The average Bonchev–Trinajstić information content (AvgIpc) is 3.12. The van der Waals surface area contributed by atoms with E-state index in [0.717, 1.165) is 32.4 Å². The number of hydrogen-bond donors (Lipinski definition) is 1. The highest BCUT2D eigenvalue weighted by Crippen LogP contribution is 2.41. The molecule has 32 heavy (non-hydrogen) atoms. The maximum Gasteiger partial charge on any atom is 0.261 e. The van der Waals surface area contributed by atoms with E-state index < -0.39 is 0 Å². The van der Waals surface area contributed by atoms with Crippen molar-refractivity contribution in [2.45, 2.75) is 25.7 Å². The van der Waals surface area contributed by atoms with E-state index in [0.29, 0.717) is 29.4 Å². The van der Waals surface area contributed by atoms with Crippen LogP contribution < -0.4 is 14.4 Å². The first kappa shape index (κ1) is 21.0. The first-order valence-electron chi connectivity index (χ1n) is 10.3. The number of hydrogen-bond acceptors (Lipinski definition) is 5. The fourth-order valence-electron chi connectivity index (χ4n) is 4.24. The number of halogens is 1. The van der Waals surface area contributed by atoms with Gasteiger partial charge in [-0.1, -0.05) is 24.3 Å². The molecule has 3 aromatic carbocycles. The number of rotatable bonds is 5. The molecule has 0 fully saturated rings. The molecule has 0 radical (unpaired) electrons. The Balaban J connectivity index is 1.47. The third-order valence-electron chi connectivity index (χ3n) is 5.72. The fourth-order valence-corrected chi connectivity index (χ4v) is 5.04. The monoisotopic (exact) mass is 540 g/mol. The number of aliphatic imine (C=N–C) groups is 1. The van der Waals surface area contributed by atoms with Gasteiger partial charge in [0.2, 0.25) is 0 Å². The summed E-state index contributed by atoms with van der Waals surface area (Å²) >= 11 is 2.22. The molecule has 1 atom stereocenters. The summed E-state index contributed by atoms with van der Waals surface area (Å²) in [5.41, 5.74) is 4.90. The third kappa shape index (κ3) is 3.75. The number of nitrogens with zero attached hydrogens (tertiary/aromatic N) is 2. The van der Waals surface area contributed by atoms with Crippen LogP contribution in [0.5, 0.6) is 11.5 Å². The topological polar surface area (TPSA) is 71.4 Å². The van der Waals surface area contributed by atoms with Crippen LogP contribution in [0, 0.1) is 3.57 Å². The van der Waals surface area contributed by atoms with Gasteiger partial charge in [-0.2, -0.15) is 0 Å². The van der Waals surface area contributed by atoms with E-state index in [9.17, 15) is 9.90 Å². The van der Waals surface area contributed by atoms with Gasteiger partial charge in [-0.15, -0.1) is 0 Å². The Bertz CT molecular complexity index is 1240. The third-order valence-corrected chi connectivity index (χ3v) is 6.35. The number of aliphatic hydroxyl groups is 1. The number of anilines is 1. The van der Waals surface area contributed by atoms with Gasteiger partial charge < -0.3 is 14.6 Å². The molecule has 0 spiro atoms. The molecule has 6 nitrogen and oxygen atoms in total. The number of fused-ring (bicyclic) bond motifs is 4. The van der Waals surface area contributed by atoms with Crippen molar-refractivity contribution in [2.24, 2.45) is 4.99 Å². The zero-order valence-corrected chi connectivity index (χ0v) is 19.6. The summed E-state index contributed by atoms with van der Waals surface area (Å²) in [6.45, 7) is 0.280. The van der Waals surface area contributed by atoms with E-state index in [1.54, 1.807) is 19.2 Å². The lowest BCUT2D eigenvalue weighted by Gasteiger charge is -2.22. The smallest absolute Gasteiger partial charge is 0.261 e. The van der Waals surface area contributed by atoms with Crippen molar-refractivity contribution in [1.82, 2.24) is 0 Å². The number of methoxy groups -OCH3 is 1. The molecule has 0 saturated carbocycles. The van der Waals surface area contributed by atoms with E-state index in [-0.39, 0.29) is 18.6 Å². The van der Waals surface area contributed by atoms with Crippen molar-refractivity contribution in [1.29, 1.82) is 0 Å². The minimum absolute atomic E-state index is 0.0242. The van der Waals surface area contributed by atoms with E-state index in [4.69, 9.17) is 9.47 Å². The number of aliphatic hydroxyl groups excluding tert-OH is 1. The molecular formula is C25H21IN2O4. The molecule has 3 aromatic rings. The molecule has 162 valence electrons. The number of carbonyl (C=O) groups is 1. The molecule has 1 N–H and O–H groups in total. The maximum absolute atomic E-state index is 13.5. The zero-order chi connectivity index (χ0) is 22.2. The van der Waals surface area contributed by atoms with E-state index in [1.165, 1.54) is 0 Å². The predicted octanol–water partition coefficient (Wildman–Crippen LogP) is 4.66. The molecule has 5 rings (SSSR count). The van der Waals surface area contributed by atoms with Gasteiger partial charge in [0.1, 0.15) is 6.61 Å². The number of ether oxygens (including phenoxy) is 2. The van der Waals surface area contributed by atoms with Gasteiger partial charge in [0.05, 0.1) is 31.0 Å². The Morgan fingerprint density at radius 1 is 1.12 bits per heavy atom. The molecule has 0 saturated heterocycles. The van der Waals surface area contributed by atoms with Gasteiger partial charge in [0.15, 0.2) is 11.5 Å². The highest BCUT2D eigenvalue weighted by molar-refractivity contribution is 14.1. The molecule has 7 heteroatoms. The quantitative estimate of drug-likeness (QED) is 0.479. The fraction of sp³-hybridized carbons (Fsp3) is 0.200. The van der Waals surface area contributed by atoms with Crippen molar-refractivity contribution >= 4 is 46.1 Å². The second-order valence-electron chi connectivity index (χ2n) is 7.79. The van der Waals surface area contributed by atoms with Crippen LogP contribution in [0.4, 0.5) is 11.4 Å². The molecule has 0 unspecified atom stereocenters. The van der Waals surface area contributed by atoms with Crippen LogP contribution in [0.25, 0.3) is 0 Å². The van der Waals surface area contributed by atoms with Crippen LogP contribution in [0.2, 0.25) is 0 Å². The van der Waals surface area contributed by atoms with E-state index in [1.807, 2.05) is 47.5 Å². The first-order chi connectivity index (χ1) is 15.6. The van der Waals surface area contributed by atoms with Crippen molar-refractivity contribution in [3.63, 3.8) is 0 Å². The SMILES string of the molecule is COc1cc2c(cc1OCc1cc(I)cc(CO)c1)N=C[C@@H]1Cc3ccccc3N1C2=O. The lowest BCUT2D eigenvalue weighted by molar-refractivity contribution is 0.0986. The highest BCUT2D eigenvalue weighted by Gasteiger charge is 2.36. The van der Waals surface area contributed by atoms with Gasteiger partial charge in [0, 0.05) is 28.0 Å². The largest absolute Gasteiger partial charge is 0.493 e. The van der Waals surface area contributed by atoms with Gasteiger partial charge in [0.25, 0.3) is 5.91 Å². The van der Waals surface area contributed by atoms with Gasteiger partial charge >= 0.3 is 0 Å². The van der Waals surface area contributed by atoms with Crippen LogP contribution in [-0.4, -0.2) is 30.4 Å². The predicted molar refractivity (Wildman–Crippen MR) is 131 cm³/mol. The standard InChI is InChI=1S/C25H21IN2O4/c1-31-23-10-20-21(11-24(23)32-14-16-6-15(13-29)7-18(26)8-16)27-12-19-9-17-4-2-3-5-22(17)28(19)25(20)30/h2-8,10-12,19,29H,9,13-14H2,1H3/t19-/m0/s1. The molecule has 0 aliphatic carbocycles. The van der Waals surface area contributed by atoms with Crippen LogP contribution in [0.3, 0.4) is 0 Å². The Labute approximate surface area is 199 Å². The summed E-state index contributed by atoms with van der Waals surface area (Å²) < 4.78 is 12.6. The van der Waals surface area contributed by atoms with Crippen molar-refractivity contribution in [3.05, 3.63) is 80.4 Å². The van der Waals surface area contributed by atoms with Gasteiger partial charge in [-0.05, 0) is 63.5 Å². The van der Waals surface area contributed by atoms with Crippen molar-refractivity contribution in [2.75, 3.05) is 12.0 Å². The number of amides is 1. The van der Waals surface area contributed by atoms with Crippen LogP contribution >= 0.6 is 22.6 Å². The molecule has 2 aliphatic rings. The van der Waals surface area contributed by atoms with E-state index >= 15 is 0 Å². The minimum Gasteiger partial charge on any atom is -0.493 e. The number of benzene rings is 3. The summed E-state index contributed by atoms with van der Waals surface area (Å²) in [4.78, 5) is 19.9. The van der Waals surface area contributed by atoms with Crippen LogP contribution in [0.1, 0.15) is 27.0 Å². The summed E-state index contributed by atoms with van der Waals surface area (Å²) in [7, 11) is 1.56. The maximum atomic E-state index is 13.5. The van der Waals surface area contributed by atoms with Crippen LogP contribution in [-0.2, 0) is 19.6 Å². The second-order valence-corrected chi connectivity index (χ2v) is 9.03. The van der Waals surface area contributed by atoms with Crippen molar-refractivity contribution < 1.29 is 19.4 Å². The molecule has 2 aliphatic heterocycles. The Hall–Kier alpha value is -2.91. The number of carbonyl (C=O) groups excluding carboxylic acids is 1. The molecule has 0 aromatic heterocycles. The van der Waals surface area contributed by atoms with Gasteiger partial charge in [-0.3, -0.25) is 14.7 Å². The Morgan fingerprint density at radius 2 is 1.94 bits per heavy atom. The number of para-hydroxylation sites is 1.